The molecular weight excluding hydrogens is 174 g/mol. The molecule has 0 bridgehead atoms. The summed E-state index contributed by atoms with van der Waals surface area (Å²) in [7, 11) is 1.90. The van der Waals surface area contributed by atoms with Crippen molar-refractivity contribution in [1.29, 1.82) is 0 Å². The lowest BCUT2D eigenvalue weighted by Crippen LogP contribution is -2.36. The molecule has 1 aliphatic heterocycles. The summed E-state index contributed by atoms with van der Waals surface area (Å²) in [6.45, 7) is 5.68. The van der Waals surface area contributed by atoms with Crippen molar-refractivity contribution in [2.45, 2.75) is 13.0 Å². The highest BCUT2D eigenvalue weighted by atomic mass is 15.5. The number of nitrogens with one attached hydrogen (secondary N) is 1. The van der Waals surface area contributed by atoms with E-state index < -0.39 is 0 Å². The van der Waals surface area contributed by atoms with Gasteiger partial charge in [0.1, 0.15) is 5.82 Å². The Kier molecular flexibility index (Phi) is 3.54. The fourth-order valence-corrected chi connectivity index (χ4v) is 1.37. The van der Waals surface area contributed by atoms with Crippen LogP contribution in [0.15, 0.2) is 48.4 Å². The molecule has 76 valence electrons. The molecule has 0 fully saturated rings. The summed E-state index contributed by atoms with van der Waals surface area (Å²) in [5.41, 5.74) is 10.1. The molecule has 1 unspecified atom stereocenters. The van der Waals surface area contributed by atoms with Crippen molar-refractivity contribution in [3.05, 3.63) is 48.4 Å². The first-order valence-electron chi connectivity index (χ1n) is 4.61. The van der Waals surface area contributed by atoms with Gasteiger partial charge in [-0.15, -0.1) is 0 Å². The molecule has 3 nitrogen and oxygen atoms in total. The fourth-order valence-electron chi connectivity index (χ4n) is 1.37. The predicted octanol–water partition coefficient (Wildman–Crippen LogP) is 1.29. The lowest BCUT2D eigenvalue weighted by Gasteiger charge is -2.16. The van der Waals surface area contributed by atoms with Gasteiger partial charge in [-0.1, -0.05) is 30.9 Å². The highest BCUT2D eigenvalue weighted by molar-refractivity contribution is 5.34. The topological polar surface area (TPSA) is 41.3 Å². The zero-order valence-corrected chi connectivity index (χ0v) is 8.70. The average molecular weight is 191 g/mol. The first kappa shape index (κ1) is 10.6. The Balaban J connectivity index is 2.82. The van der Waals surface area contributed by atoms with Crippen LogP contribution < -0.4 is 11.2 Å². The lowest BCUT2D eigenvalue weighted by molar-refractivity contribution is 0.319. The maximum Gasteiger partial charge on any atom is 0.111 e. The van der Waals surface area contributed by atoms with Crippen LogP contribution in [0.4, 0.5) is 0 Å². The third kappa shape index (κ3) is 2.26. The molecule has 3 heteroatoms. The van der Waals surface area contributed by atoms with Gasteiger partial charge in [-0.25, -0.2) is 5.43 Å². The molecule has 1 rings (SSSR count). The summed E-state index contributed by atoms with van der Waals surface area (Å²) in [6, 6.07) is 0.147. The van der Waals surface area contributed by atoms with E-state index in [0.717, 1.165) is 11.4 Å². The normalized spacial score (nSPS) is 23.0. The smallest absolute Gasteiger partial charge is 0.111 e. The molecule has 0 saturated heterocycles. The molecule has 0 aromatic carbocycles. The van der Waals surface area contributed by atoms with Crippen LogP contribution >= 0.6 is 0 Å². The van der Waals surface area contributed by atoms with Gasteiger partial charge in [0.25, 0.3) is 0 Å². The van der Waals surface area contributed by atoms with Crippen LogP contribution in [0.1, 0.15) is 6.92 Å². The number of allylic oxidation sites excluding steroid dienone is 3. The Morgan fingerprint density at radius 1 is 1.71 bits per heavy atom. The van der Waals surface area contributed by atoms with Crippen LogP contribution in [0.5, 0.6) is 0 Å². The molecule has 0 aromatic rings. The Hall–Kier alpha value is -1.48. The number of hydrazine groups is 1. The second kappa shape index (κ2) is 4.67. The highest BCUT2D eigenvalue weighted by Gasteiger charge is 2.18. The molecule has 0 spiro atoms. The number of nitrogens with zero attached hydrogens (tertiary/aromatic N) is 1. The zero-order valence-electron chi connectivity index (χ0n) is 8.70. The standard InChI is InChI=1S/C11H17N3/c1-4-6-9(7-5-2)10-8-11(12)14(3)13-10/h4-8,10,13H,1,12H2,2-3H3/b7-5-,9-6+. The number of hydrogen-bond acceptors (Lipinski definition) is 3. The second-order valence-electron chi connectivity index (χ2n) is 3.16. The van der Waals surface area contributed by atoms with Crippen LogP contribution in [-0.2, 0) is 0 Å². The van der Waals surface area contributed by atoms with Gasteiger partial charge in [0.15, 0.2) is 0 Å². The molecule has 3 N–H and O–H groups in total. The lowest BCUT2D eigenvalue weighted by atomic mass is 10.1. The van der Waals surface area contributed by atoms with Gasteiger partial charge < -0.3 is 5.73 Å². The molecular formula is C11H17N3. The fraction of sp³-hybridized carbons (Fsp3) is 0.273. The molecule has 0 amide bonds. The van der Waals surface area contributed by atoms with Gasteiger partial charge in [-0.2, -0.15) is 0 Å². The van der Waals surface area contributed by atoms with Crippen molar-refractivity contribution in [3.63, 3.8) is 0 Å². The van der Waals surface area contributed by atoms with Gasteiger partial charge in [-0.3, -0.25) is 5.01 Å². The molecule has 0 aliphatic carbocycles. The number of rotatable bonds is 3. The molecule has 14 heavy (non-hydrogen) atoms. The minimum Gasteiger partial charge on any atom is -0.385 e. The van der Waals surface area contributed by atoms with Crippen LogP contribution in [0.2, 0.25) is 0 Å². The van der Waals surface area contributed by atoms with E-state index in [1.807, 2.05) is 43.3 Å². The quantitative estimate of drug-likeness (QED) is 0.661. The Morgan fingerprint density at radius 3 is 2.86 bits per heavy atom. The summed E-state index contributed by atoms with van der Waals surface area (Å²) < 4.78 is 0. The van der Waals surface area contributed by atoms with Gasteiger partial charge in [0.2, 0.25) is 0 Å². The number of hydrogen-bond donors (Lipinski definition) is 2. The highest BCUT2D eigenvalue weighted by Crippen LogP contribution is 2.14. The van der Waals surface area contributed by atoms with Crippen molar-refractivity contribution in [2.75, 3.05) is 7.05 Å². The van der Waals surface area contributed by atoms with E-state index in [4.69, 9.17) is 5.73 Å². The predicted molar refractivity (Wildman–Crippen MR) is 60.1 cm³/mol. The maximum atomic E-state index is 5.75. The average Bonchev–Trinajstić information content (AvgIpc) is 2.47. The molecule has 1 atom stereocenters. The van der Waals surface area contributed by atoms with E-state index in [1.54, 1.807) is 6.08 Å². The van der Waals surface area contributed by atoms with Crippen molar-refractivity contribution < 1.29 is 0 Å². The van der Waals surface area contributed by atoms with Crippen molar-refractivity contribution >= 4 is 0 Å². The molecule has 0 aromatic heterocycles. The van der Waals surface area contributed by atoms with Crippen LogP contribution in [0, 0.1) is 0 Å². The van der Waals surface area contributed by atoms with Crippen molar-refractivity contribution in [2.24, 2.45) is 5.73 Å². The summed E-state index contributed by atoms with van der Waals surface area (Å²) in [5, 5.41) is 1.81. The largest absolute Gasteiger partial charge is 0.385 e. The Labute approximate surface area is 85.2 Å². The van der Waals surface area contributed by atoms with Crippen LogP contribution in [0.25, 0.3) is 0 Å². The van der Waals surface area contributed by atoms with E-state index in [9.17, 15) is 0 Å². The maximum absolute atomic E-state index is 5.75. The van der Waals surface area contributed by atoms with Gasteiger partial charge >= 0.3 is 0 Å². The van der Waals surface area contributed by atoms with Gasteiger partial charge in [0, 0.05) is 7.05 Å². The zero-order chi connectivity index (χ0) is 10.6. The number of nitrogens with two attached hydrogens (primary N) is 1. The Morgan fingerprint density at radius 2 is 2.43 bits per heavy atom. The van der Waals surface area contributed by atoms with E-state index in [2.05, 4.69) is 12.0 Å². The minimum atomic E-state index is 0.147. The van der Waals surface area contributed by atoms with Crippen molar-refractivity contribution in [1.82, 2.24) is 10.4 Å². The molecule has 1 aliphatic rings. The monoisotopic (exact) mass is 191 g/mol. The summed E-state index contributed by atoms with van der Waals surface area (Å²) >= 11 is 0. The molecule has 0 radical (unpaired) electrons. The van der Waals surface area contributed by atoms with Gasteiger partial charge in [0.05, 0.1) is 6.04 Å². The SMILES string of the molecule is C=C/C=C(\C=C/C)C1C=C(N)N(C)N1. The summed E-state index contributed by atoms with van der Waals surface area (Å²) in [6.07, 6.45) is 9.77. The first-order valence-corrected chi connectivity index (χ1v) is 4.61. The van der Waals surface area contributed by atoms with E-state index in [0.29, 0.717) is 0 Å². The molecule has 0 saturated carbocycles. The summed E-state index contributed by atoms with van der Waals surface area (Å²) in [5.74, 6) is 0.745. The van der Waals surface area contributed by atoms with E-state index >= 15 is 0 Å². The Bertz CT molecular complexity index is 300. The van der Waals surface area contributed by atoms with E-state index in [-0.39, 0.29) is 6.04 Å². The van der Waals surface area contributed by atoms with Crippen LogP contribution in [-0.4, -0.2) is 18.1 Å². The minimum absolute atomic E-state index is 0.147. The second-order valence-corrected chi connectivity index (χ2v) is 3.16. The van der Waals surface area contributed by atoms with Crippen molar-refractivity contribution in [3.8, 4) is 0 Å². The summed E-state index contributed by atoms with van der Waals surface area (Å²) in [4.78, 5) is 0. The third-order valence-corrected chi connectivity index (χ3v) is 2.09. The van der Waals surface area contributed by atoms with Gasteiger partial charge in [-0.05, 0) is 18.6 Å². The first-order chi connectivity index (χ1) is 6.69. The van der Waals surface area contributed by atoms with E-state index in [1.165, 1.54) is 0 Å². The molecule has 1 heterocycles. The third-order valence-electron chi connectivity index (χ3n) is 2.09. The van der Waals surface area contributed by atoms with Crippen LogP contribution in [0.3, 0.4) is 0 Å².